The van der Waals surface area contributed by atoms with Gasteiger partial charge in [0.2, 0.25) is 0 Å². The Labute approximate surface area is 163 Å². The van der Waals surface area contributed by atoms with Gasteiger partial charge in [-0.3, -0.25) is 0 Å². The molecule has 9 heteroatoms. The molecule has 1 amide bonds. The first-order valence-electron chi connectivity index (χ1n) is 8.80. The second kappa shape index (κ2) is 8.45. The molecule has 1 heterocycles. The molecule has 1 aromatic carbocycles. The van der Waals surface area contributed by atoms with Crippen LogP contribution in [0.5, 0.6) is 0 Å². The Balaban J connectivity index is 2.21. The molecular formula is C19H25FN2O6. The van der Waals surface area contributed by atoms with E-state index in [-0.39, 0.29) is 5.56 Å². The van der Waals surface area contributed by atoms with E-state index < -0.39 is 35.0 Å². The number of ether oxygens (including phenoxy) is 3. The Morgan fingerprint density at radius 2 is 1.54 bits per heavy atom. The number of piperazine rings is 1. The van der Waals surface area contributed by atoms with Gasteiger partial charge in [0.05, 0.1) is 19.8 Å². The van der Waals surface area contributed by atoms with Crippen LogP contribution < -0.4 is 4.90 Å². The number of halogens is 1. The molecule has 28 heavy (non-hydrogen) atoms. The minimum absolute atomic E-state index is 0.209. The van der Waals surface area contributed by atoms with Crippen LogP contribution in [-0.4, -0.2) is 68.9 Å². The minimum atomic E-state index is -0.959. The summed E-state index contributed by atoms with van der Waals surface area (Å²) in [5.41, 5.74) is -0.852. The van der Waals surface area contributed by atoms with E-state index in [2.05, 4.69) is 9.47 Å². The van der Waals surface area contributed by atoms with E-state index in [1.165, 1.54) is 12.1 Å². The summed E-state index contributed by atoms with van der Waals surface area (Å²) in [6.07, 6.45) is -0.408. The molecule has 0 N–H and O–H groups in total. The van der Waals surface area contributed by atoms with Crippen molar-refractivity contribution in [1.82, 2.24) is 4.90 Å². The van der Waals surface area contributed by atoms with E-state index >= 15 is 0 Å². The van der Waals surface area contributed by atoms with Crippen LogP contribution in [0.1, 0.15) is 41.5 Å². The Hall–Kier alpha value is -2.84. The maximum atomic E-state index is 14.6. The Morgan fingerprint density at radius 1 is 0.964 bits per heavy atom. The molecule has 154 valence electrons. The Kier molecular flexibility index (Phi) is 6.48. The van der Waals surface area contributed by atoms with E-state index in [4.69, 9.17) is 4.74 Å². The third kappa shape index (κ3) is 4.90. The van der Waals surface area contributed by atoms with Crippen molar-refractivity contribution in [3.8, 4) is 0 Å². The quantitative estimate of drug-likeness (QED) is 0.573. The van der Waals surface area contributed by atoms with E-state index in [0.717, 1.165) is 14.2 Å². The van der Waals surface area contributed by atoms with Crippen LogP contribution in [0, 0.1) is 5.82 Å². The van der Waals surface area contributed by atoms with Crippen LogP contribution in [0.25, 0.3) is 0 Å². The standard InChI is InChI=1S/C19H25FN2O6/c1-19(2,3)28-18(25)22-8-6-21(7-9-22)12-10-13(16(23)26-4)15(14(20)11-12)17(24)27-5/h10-11H,6-9H2,1-5H3. The predicted molar refractivity (Wildman–Crippen MR) is 99.1 cm³/mol. The van der Waals surface area contributed by atoms with Gasteiger partial charge in [0.25, 0.3) is 0 Å². The predicted octanol–water partition coefficient (Wildman–Crippen LogP) is 2.46. The van der Waals surface area contributed by atoms with E-state index in [1.807, 2.05) is 4.90 Å². The lowest BCUT2D eigenvalue weighted by molar-refractivity contribution is 0.0240. The van der Waals surface area contributed by atoms with Crippen molar-refractivity contribution in [2.45, 2.75) is 26.4 Å². The summed E-state index contributed by atoms with van der Waals surface area (Å²) < 4.78 is 29.1. The number of carbonyl (C=O) groups is 3. The zero-order valence-corrected chi connectivity index (χ0v) is 16.7. The lowest BCUT2D eigenvalue weighted by Gasteiger charge is -2.37. The van der Waals surface area contributed by atoms with Crippen molar-refractivity contribution in [1.29, 1.82) is 0 Å². The molecule has 1 aromatic rings. The average Bonchev–Trinajstić information content (AvgIpc) is 2.64. The summed E-state index contributed by atoms with van der Waals surface area (Å²) in [6, 6.07) is 2.56. The van der Waals surface area contributed by atoms with E-state index in [1.54, 1.807) is 25.7 Å². The summed E-state index contributed by atoms with van der Waals surface area (Å²) in [4.78, 5) is 39.4. The summed E-state index contributed by atoms with van der Waals surface area (Å²) in [5, 5.41) is 0. The van der Waals surface area contributed by atoms with Gasteiger partial charge in [0, 0.05) is 31.9 Å². The third-order valence-electron chi connectivity index (χ3n) is 4.17. The maximum absolute atomic E-state index is 14.6. The summed E-state index contributed by atoms with van der Waals surface area (Å²) in [7, 11) is 2.25. The molecule has 0 radical (unpaired) electrons. The molecule has 1 fully saturated rings. The number of amides is 1. The van der Waals surface area contributed by atoms with Gasteiger partial charge in [0.15, 0.2) is 0 Å². The molecular weight excluding hydrogens is 371 g/mol. The highest BCUT2D eigenvalue weighted by molar-refractivity contribution is 6.04. The smallest absolute Gasteiger partial charge is 0.410 e. The van der Waals surface area contributed by atoms with Crippen molar-refractivity contribution < 1.29 is 33.0 Å². The number of carbonyl (C=O) groups excluding carboxylic acids is 3. The fourth-order valence-corrected chi connectivity index (χ4v) is 2.83. The van der Waals surface area contributed by atoms with Crippen LogP contribution in [0.2, 0.25) is 0 Å². The van der Waals surface area contributed by atoms with Crippen LogP contribution in [0.15, 0.2) is 12.1 Å². The molecule has 8 nitrogen and oxygen atoms in total. The van der Waals surface area contributed by atoms with Gasteiger partial charge in [-0.1, -0.05) is 0 Å². The number of nitrogens with zero attached hydrogens (tertiary/aromatic N) is 2. The lowest BCUT2D eigenvalue weighted by atomic mass is 10.0. The number of anilines is 1. The molecule has 2 rings (SSSR count). The molecule has 1 aliphatic rings. The van der Waals surface area contributed by atoms with Crippen LogP contribution in [0.4, 0.5) is 14.9 Å². The number of benzene rings is 1. The van der Waals surface area contributed by atoms with Gasteiger partial charge in [0.1, 0.15) is 17.0 Å². The highest BCUT2D eigenvalue weighted by atomic mass is 19.1. The zero-order valence-electron chi connectivity index (χ0n) is 16.7. The van der Waals surface area contributed by atoms with Gasteiger partial charge < -0.3 is 24.0 Å². The van der Waals surface area contributed by atoms with Crippen molar-refractivity contribution in [3.63, 3.8) is 0 Å². The van der Waals surface area contributed by atoms with Crippen molar-refractivity contribution in [2.24, 2.45) is 0 Å². The van der Waals surface area contributed by atoms with Gasteiger partial charge in [-0.25, -0.2) is 18.8 Å². The summed E-state index contributed by atoms with van der Waals surface area (Å²) in [5.74, 6) is -2.67. The molecule has 0 bridgehead atoms. The molecule has 0 aliphatic carbocycles. The van der Waals surface area contributed by atoms with Gasteiger partial charge in [-0.2, -0.15) is 0 Å². The molecule has 0 unspecified atom stereocenters. The number of methoxy groups -OCH3 is 2. The molecule has 0 spiro atoms. The van der Waals surface area contributed by atoms with Crippen molar-refractivity contribution in [2.75, 3.05) is 45.3 Å². The number of rotatable bonds is 3. The van der Waals surface area contributed by atoms with Crippen LogP contribution >= 0.6 is 0 Å². The molecule has 0 saturated carbocycles. The third-order valence-corrected chi connectivity index (χ3v) is 4.17. The molecule has 0 aromatic heterocycles. The average molecular weight is 396 g/mol. The Bertz CT molecular complexity index is 766. The number of hydrogen-bond acceptors (Lipinski definition) is 7. The normalized spacial score (nSPS) is 14.5. The topological polar surface area (TPSA) is 85.4 Å². The maximum Gasteiger partial charge on any atom is 0.410 e. The molecule has 0 atom stereocenters. The SMILES string of the molecule is COC(=O)c1cc(N2CCN(C(=O)OC(C)(C)C)CC2)cc(F)c1C(=O)OC. The first-order chi connectivity index (χ1) is 13.1. The molecule has 1 aliphatic heterocycles. The highest BCUT2D eigenvalue weighted by Gasteiger charge is 2.29. The van der Waals surface area contributed by atoms with Crippen LogP contribution in [0.3, 0.4) is 0 Å². The largest absolute Gasteiger partial charge is 0.465 e. The second-order valence-corrected chi connectivity index (χ2v) is 7.29. The summed E-state index contributed by atoms with van der Waals surface area (Å²) in [6.45, 7) is 6.96. The van der Waals surface area contributed by atoms with Gasteiger partial charge in [-0.05, 0) is 32.9 Å². The number of hydrogen-bond donors (Lipinski definition) is 0. The second-order valence-electron chi connectivity index (χ2n) is 7.29. The van der Waals surface area contributed by atoms with Crippen molar-refractivity contribution >= 4 is 23.7 Å². The summed E-state index contributed by atoms with van der Waals surface area (Å²) >= 11 is 0. The highest BCUT2D eigenvalue weighted by Crippen LogP contribution is 2.26. The monoisotopic (exact) mass is 396 g/mol. The fraction of sp³-hybridized carbons (Fsp3) is 0.526. The Morgan fingerprint density at radius 3 is 2.04 bits per heavy atom. The molecule has 1 saturated heterocycles. The fourth-order valence-electron chi connectivity index (χ4n) is 2.83. The first kappa shape index (κ1) is 21.5. The minimum Gasteiger partial charge on any atom is -0.465 e. The van der Waals surface area contributed by atoms with E-state index in [9.17, 15) is 18.8 Å². The lowest BCUT2D eigenvalue weighted by Crippen LogP contribution is -2.50. The van der Waals surface area contributed by atoms with E-state index in [0.29, 0.717) is 31.9 Å². The zero-order chi connectivity index (χ0) is 21.1. The number of esters is 2. The van der Waals surface area contributed by atoms with Gasteiger partial charge in [-0.15, -0.1) is 0 Å². The van der Waals surface area contributed by atoms with Gasteiger partial charge >= 0.3 is 18.0 Å². The van der Waals surface area contributed by atoms with Crippen molar-refractivity contribution in [3.05, 3.63) is 29.1 Å². The van der Waals surface area contributed by atoms with Crippen LogP contribution in [-0.2, 0) is 14.2 Å². The first-order valence-corrected chi connectivity index (χ1v) is 8.80.